The van der Waals surface area contributed by atoms with Crippen molar-refractivity contribution >= 4 is 11.0 Å². The zero-order valence-electron chi connectivity index (χ0n) is 18.4. The molecule has 0 aliphatic carbocycles. The minimum atomic E-state index is -0.492. The quantitative estimate of drug-likeness (QED) is 0.620. The second-order valence-corrected chi connectivity index (χ2v) is 8.43. The number of hydrogen-bond donors (Lipinski definition) is 1. The maximum atomic E-state index is 13.5. The highest BCUT2D eigenvalue weighted by atomic mass is 16.7. The summed E-state index contributed by atoms with van der Waals surface area (Å²) < 4.78 is 23.7. The molecule has 0 radical (unpaired) electrons. The topological polar surface area (TPSA) is 78.1 Å². The van der Waals surface area contributed by atoms with Gasteiger partial charge in [-0.2, -0.15) is 0 Å². The van der Waals surface area contributed by atoms with Crippen molar-refractivity contribution in [3.8, 4) is 28.4 Å². The lowest BCUT2D eigenvalue weighted by molar-refractivity contribution is -0.205. The molecular formula is C25H28O6. The molecule has 1 fully saturated rings. The van der Waals surface area contributed by atoms with Crippen molar-refractivity contribution in [1.82, 2.24) is 0 Å². The molecule has 0 spiro atoms. The first-order chi connectivity index (χ1) is 14.8. The van der Waals surface area contributed by atoms with E-state index in [-0.39, 0.29) is 23.2 Å². The summed E-state index contributed by atoms with van der Waals surface area (Å²) in [6, 6.07) is 9.78. The van der Waals surface area contributed by atoms with E-state index in [1.807, 2.05) is 6.92 Å². The summed E-state index contributed by atoms with van der Waals surface area (Å²) in [7, 11) is 1.55. The fourth-order valence-corrected chi connectivity index (χ4v) is 4.12. The van der Waals surface area contributed by atoms with Gasteiger partial charge in [-0.1, -0.05) is 32.9 Å². The van der Waals surface area contributed by atoms with Gasteiger partial charge in [0.25, 0.3) is 0 Å². The number of benzene rings is 2. The third-order valence-electron chi connectivity index (χ3n) is 6.65. The molecule has 5 atom stereocenters. The Bertz CT molecular complexity index is 1130. The number of phenolic OH excluding ortho intramolecular Hbond substituents is 1. The van der Waals surface area contributed by atoms with Crippen LogP contribution in [0.3, 0.4) is 0 Å². The Labute approximate surface area is 181 Å². The zero-order chi connectivity index (χ0) is 22.3. The standard InChI is InChI=1S/C25H28O6/c1-13-14(2)16(4)30-25(15(13)3)31-22-11-19(28-5)10-21-23(22)24(27)20(12-29-21)17-6-8-18(26)9-7-17/h6-16,25-26H,1-5H3/t13-,14-,15-,16+,25+/m1/s1. The van der Waals surface area contributed by atoms with Gasteiger partial charge in [0, 0.05) is 18.1 Å². The molecule has 1 saturated heterocycles. The molecule has 3 aromatic rings. The first-order valence-electron chi connectivity index (χ1n) is 10.5. The molecule has 0 bridgehead atoms. The lowest BCUT2D eigenvalue weighted by Gasteiger charge is -2.42. The van der Waals surface area contributed by atoms with Gasteiger partial charge in [0.2, 0.25) is 11.7 Å². The van der Waals surface area contributed by atoms with Crippen molar-refractivity contribution in [1.29, 1.82) is 0 Å². The van der Waals surface area contributed by atoms with Gasteiger partial charge in [0.15, 0.2) is 0 Å². The molecule has 6 heteroatoms. The SMILES string of the molecule is COc1cc(O[C@@H]2O[C@@H](C)[C@H](C)[C@@H](C)[C@H]2C)c2c(=O)c(-c3ccc(O)cc3)coc2c1. The molecule has 0 amide bonds. The van der Waals surface area contributed by atoms with Crippen LogP contribution in [0.2, 0.25) is 0 Å². The summed E-state index contributed by atoms with van der Waals surface area (Å²) >= 11 is 0. The van der Waals surface area contributed by atoms with Crippen molar-refractivity contribution in [2.75, 3.05) is 7.11 Å². The van der Waals surface area contributed by atoms with E-state index in [0.717, 1.165) is 0 Å². The van der Waals surface area contributed by atoms with Gasteiger partial charge in [-0.15, -0.1) is 0 Å². The number of fused-ring (bicyclic) bond motifs is 1. The van der Waals surface area contributed by atoms with Crippen molar-refractivity contribution in [3.05, 3.63) is 52.9 Å². The van der Waals surface area contributed by atoms with Gasteiger partial charge in [-0.05, 0) is 36.5 Å². The van der Waals surface area contributed by atoms with E-state index in [1.54, 1.807) is 31.4 Å². The monoisotopic (exact) mass is 424 g/mol. The minimum absolute atomic E-state index is 0.0389. The van der Waals surface area contributed by atoms with Gasteiger partial charge < -0.3 is 23.7 Å². The Morgan fingerprint density at radius 1 is 0.968 bits per heavy atom. The first kappa shape index (κ1) is 21.2. The van der Waals surface area contributed by atoms with Gasteiger partial charge in [0.05, 0.1) is 18.8 Å². The van der Waals surface area contributed by atoms with E-state index < -0.39 is 6.29 Å². The van der Waals surface area contributed by atoms with Crippen molar-refractivity contribution in [3.63, 3.8) is 0 Å². The molecule has 164 valence electrons. The maximum Gasteiger partial charge on any atom is 0.204 e. The predicted molar refractivity (Wildman–Crippen MR) is 119 cm³/mol. The summed E-state index contributed by atoms with van der Waals surface area (Å²) in [6.45, 7) is 8.53. The molecular weight excluding hydrogens is 396 g/mol. The Morgan fingerprint density at radius 2 is 1.68 bits per heavy atom. The number of hydrogen-bond acceptors (Lipinski definition) is 6. The van der Waals surface area contributed by atoms with E-state index in [2.05, 4.69) is 20.8 Å². The predicted octanol–water partition coefficient (Wildman–Crippen LogP) is 5.21. The van der Waals surface area contributed by atoms with Gasteiger partial charge >= 0.3 is 0 Å². The van der Waals surface area contributed by atoms with E-state index >= 15 is 0 Å². The van der Waals surface area contributed by atoms with Crippen molar-refractivity contribution < 1.29 is 23.7 Å². The van der Waals surface area contributed by atoms with Crippen molar-refractivity contribution in [2.45, 2.75) is 40.1 Å². The van der Waals surface area contributed by atoms with Gasteiger partial charge in [-0.3, -0.25) is 4.79 Å². The third kappa shape index (κ3) is 3.88. The number of methoxy groups -OCH3 is 1. The fourth-order valence-electron chi connectivity index (χ4n) is 4.12. The highest BCUT2D eigenvalue weighted by Crippen LogP contribution is 2.38. The average molecular weight is 424 g/mol. The number of rotatable bonds is 4. The van der Waals surface area contributed by atoms with Crippen LogP contribution in [-0.2, 0) is 4.74 Å². The van der Waals surface area contributed by atoms with E-state index in [0.29, 0.717) is 45.4 Å². The molecule has 6 nitrogen and oxygen atoms in total. The zero-order valence-corrected chi connectivity index (χ0v) is 18.4. The average Bonchev–Trinajstić information content (AvgIpc) is 2.76. The molecule has 1 aliphatic rings. The van der Waals surface area contributed by atoms with E-state index in [9.17, 15) is 9.90 Å². The Kier molecular flexibility index (Phi) is 5.67. The van der Waals surface area contributed by atoms with Crippen LogP contribution in [0.15, 0.2) is 51.9 Å². The summed E-state index contributed by atoms with van der Waals surface area (Å²) in [5.41, 5.74) is 1.19. The van der Waals surface area contributed by atoms with Crippen molar-refractivity contribution in [2.24, 2.45) is 17.8 Å². The summed E-state index contributed by atoms with van der Waals surface area (Å²) in [6.07, 6.45) is 0.969. The molecule has 1 N–H and O–H groups in total. The van der Waals surface area contributed by atoms with Gasteiger partial charge in [-0.25, -0.2) is 0 Å². The highest BCUT2D eigenvalue weighted by molar-refractivity contribution is 5.88. The Hall–Kier alpha value is -2.99. The molecule has 1 aromatic heterocycles. The molecule has 0 unspecified atom stereocenters. The van der Waals surface area contributed by atoms with Gasteiger partial charge in [0.1, 0.15) is 34.5 Å². The van der Waals surface area contributed by atoms with Crippen LogP contribution in [-0.4, -0.2) is 24.6 Å². The number of ether oxygens (including phenoxy) is 3. The van der Waals surface area contributed by atoms with Crippen LogP contribution in [0.1, 0.15) is 27.7 Å². The van der Waals surface area contributed by atoms with Crippen LogP contribution in [0.25, 0.3) is 22.1 Å². The molecule has 2 aromatic carbocycles. The van der Waals surface area contributed by atoms with Crippen LogP contribution < -0.4 is 14.9 Å². The highest BCUT2D eigenvalue weighted by Gasteiger charge is 2.38. The van der Waals surface area contributed by atoms with Crippen LogP contribution in [0.4, 0.5) is 0 Å². The summed E-state index contributed by atoms with van der Waals surface area (Å²) in [5.74, 6) is 1.97. The lowest BCUT2D eigenvalue weighted by atomic mass is 9.79. The van der Waals surface area contributed by atoms with Crippen LogP contribution in [0.5, 0.6) is 17.2 Å². The molecule has 2 heterocycles. The summed E-state index contributed by atoms with van der Waals surface area (Å²) in [5, 5.41) is 9.90. The minimum Gasteiger partial charge on any atom is -0.508 e. The van der Waals surface area contributed by atoms with E-state index in [1.165, 1.54) is 18.4 Å². The number of phenols is 1. The van der Waals surface area contributed by atoms with E-state index in [4.69, 9.17) is 18.6 Å². The largest absolute Gasteiger partial charge is 0.508 e. The first-order valence-corrected chi connectivity index (χ1v) is 10.5. The third-order valence-corrected chi connectivity index (χ3v) is 6.65. The second-order valence-electron chi connectivity index (χ2n) is 8.43. The second kappa shape index (κ2) is 8.27. The maximum absolute atomic E-state index is 13.5. The summed E-state index contributed by atoms with van der Waals surface area (Å²) in [4.78, 5) is 13.5. The molecule has 31 heavy (non-hydrogen) atoms. The normalized spacial score (nSPS) is 26.0. The Balaban J connectivity index is 1.82. The lowest BCUT2D eigenvalue weighted by Crippen LogP contribution is -2.46. The Morgan fingerprint density at radius 3 is 2.35 bits per heavy atom. The molecule has 0 saturated carbocycles. The fraction of sp³-hybridized carbons (Fsp3) is 0.400. The smallest absolute Gasteiger partial charge is 0.204 e. The van der Waals surface area contributed by atoms with Crippen LogP contribution >= 0.6 is 0 Å². The molecule has 4 rings (SSSR count). The molecule has 1 aliphatic heterocycles. The number of aromatic hydroxyl groups is 1. The van der Waals surface area contributed by atoms with Crippen LogP contribution in [0, 0.1) is 17.8 Å².